The van der Waals surface area contributed by atoms with Gasteiger partial charge in [0.15, 0.2) is 0 Å². The molecule has 1 saturated heterocycles. The summed E-state index contributed by atoms with van der Waals surface area (Å²) in [6.45, 7) is 7.19. The van der Waals surface area contributed by atoms with Gasteiger partial charge in [-0.05, 0) is 30.3 Å². The van der Waals surface area contributed by atoms with E-state index in [2.05, 4.69) is 26.2 Å². The van der Waals surface area contributed by atoms with E-state index < -0.39 is 0 Å². The summed E-state index contributed by atoms with van der Waals surface area (Å²) < 4.78 is 7.71. The lowest BCUT2D eigenvalue weighted by molar-refractivity contribution is -0.114. The van der Waals surface area contributed by atoms with Gasteiger partial charge in [-0.3, -0.25) is 14.5 Å². The SMILES string of the molecule is CC(=O)Nc1cccc(C(=O)NCCc2nc3ccccc3n2CCN2CCOCC2)c1. The van der Waals surface area contributed by atoms with Gasteiger partial charge in [0.2, 0.25) is 5.91 Å². The molecule has 2 heterocycles. The Bertz CT molecular complexity index is 1090. The predicted octanol–water partition coefficient (Wildman–Crippen LogP) is 2.30. The Kier molecular flexibility index (Phi) is 7.14. The Morgan fingerprint density at radius 3 is 2.69 bits per heavy atom. The van der Waals surface area contributed by atoms with Crippen LogP contribution in [0.4, 0.5) is 5.69 Å². The highest BCUT2D eigenvalue weighted by atomic mass is 16.5. The fourth-order valence-corrected chi connectivity index (χ4v) is 3.96. The van der Waals surface area contributed by atoms with E-state index in [0.717, 1.165) is 56.3 Å². The van der Waals surface area contributed by atoms with Crippen molar-refractivity contribution in [2.45, 2.75) is 19.9 Å². The second-order valence-electron chi connectivity index (χ2n) is 7.89. The molecule has 3 aromatic rings. The van der Waals surface area contributed by atoms with Crippen LogP contribution in [0, 0.1) is 0 Å². The molecule has 2 aromatic carbocycles. The van der Waals surface area contributed by atoms with Gasteiger partial charge in [0.25, 0.3) is 5.91 Å². The van der Waals surface area contributed by atoms with Gasteiger partial charge in [-0.1, -0.05) is 18.2 Å². The number of hydrogen-bond donors (Lipinski definition) is 2. The summed E-state index contributed by atoms with van der Waals surface area (Å²) >= 11 is 0. The molecule has 0 aliphatic carbocycles. The topological polar surface area (TPSA) is 88.5 Å². The summed E-state index contributed by atoms with van der Waals surface area (Å²) in [5, 5.41) is 5.67. The summed E-state index contributed by atoms with van der Waals surface area (Å²) in [5.74, 6) is 0.624. The number of benzene rings is 2. The van der Waals surface area contributed by atoms with Crippen LogP contribution in [-0.4, -0.2) is 65.7 Å². The number of rotatable bonds is 8. The van der Waals surface area contributed by atoms with Gasteiger partial charge in [-0.15, -0.1) is 0 Å². The maximum Gasteiger partial charge on any atom is 0.251 e. The smallest absolute Gasteiger partial charge is 0.251 e. The van der Waals surface area contributed by atoms with Crippen molar-refractivity contribution in [3.63, 3.8) is 0 Å². The van der Waals surface area contributed by atoms with Gasteiger partial charge in [0.1, 0.15) is 5.82 Å². The van der Waals surface area contributed by atoms with E-state index in [0.29, 0.717) is 24.2 Å². The number of morpholine rings is 1. The Balaban J connectivity index is 1.40. The van der Waals surface area contributed by atoms with E-state index in [-0.39, 0.29) is 11.8 Å². The Hall–Kier alpha value is -3.23. The van der Waals surface area contributed by atoms with Crippen LogP contribution in [0.3, 0.4) is 0 Å². The molecule has 1 aromatic heterocycles. The van der Waals surface area contributed by atoms with Gasteiger partial charge in [-0.25, -0.2) is 4.98 Å². The molecule has 8 nitrogen and oxygen atoms in total. The molecule has 0 saturated carbocycles. The highest BCUT2D eigenvalue weighted by molar-refractivity contribution is 5.96. The van der Waals surface area contributed by atoms with Crippen molar-refractivity contribution in [1.82, 2.24) is 19.8 Å². The molecule has 0 radical (unpaired) electrons. The van der Waals surface area contributed by atoms with Crippen molar-refractivity contribution >= 4 is 28.5 Å². The highest BCUT2D eigenvalue weighted by Gasteiger charge is 2.15. The van der Waals surface area contributed by atoms with E-state index >= 15 is 0 Å². The van der Waals surface area contributed by atoms with Crippen molar-refractivity contribution in [1.29, 1.82) is 0 Å². The zero-order chi connectivity index (χ0) is 22.3. The minimum atomic E-state index is -0.173. The molecule has 1 fully saturated rings. The number of imidazole rings is 1. The van der Waals surface area contributed by atoms with Crippen LogP contribution < -0.4 is 10.6 Å². The van der Waals surface area contributed by atoms with E-state index in [1.54, 1.807) is 24.3 Å². The fourth-order valence-electron chi connectivity index (χ4n) is 3.96. The first-order chi connectivity index (χ1) is 15.6. The maximum absolute atomic E-state index is 12.6. The standard InChI is InChI=1S/C24H29N5O3/c1-18(30)26-20-6-4-5-19(17-20)24(31)25-10-9-23-27-21-7-2-3-8-22(21)29(23)12-11-28-13-15-32-16-14-28/h2-8,17H,9-16H2,1H3,(H,25,31)(H,26,30). The van der Waals surface area contributed by atoms with Crippen molar-refractivity contribution in [3.05, 3.63) is 59.9 Å². The third-order valence-corrected chi connectivity index (χ3v) is 5.56. The second kappa shape index (κ2) is 10.4. The van der Waals surface area contributed by atoms with Crippen LogP contribution in [0.15, 0.2) is 48.5 Å². The number of carbonyl (C=O) groups is 2. The number of aromatic nitrogens is 2. The molecule has 8 heteroatoms. The number of nitrogens with one attached hydrogen (secondary N) is 2. The number of ether oxygens (including phenoxy) is 1. The lowest BCUT2D eigenvalue weighted by Gasteiger charge is -2.27. The quantitative estimate of drug-likeness (QED) is 0.567. The van der Waals surface area contributed by atoms with Crippen LogP contribution in [-0.2, 0) is 22.5 Å². The highest BCUT2D eigenvalue weighted by Crippen LogP contribution is 2.17. The van der Waals surface area contributed by atoms with Gasteiger partial charge in [0.05, 0.1) is 24.2 Å². The number of hydrogen-bond acceptors (Lipinski definition) is 5. The first-order valence-electron chi connectivity index (χ1n) is 11.0. The van der Waals surface area contributed by atoms with Crippen molar-refractivity contribution < 1.29 is 14.3 Å². The molecular weight excluding hydrogens is 406 g/mol. The van der Waals surface area contributed by atoms with E-state index in [9.17, 15) is 9.59 Å². The maximum atomic E-state index is 12.6. The molecule has 168 valence electrons. The summed E-state index contributed by atoms with van der Waals surface area (Å²) in [6, 6.07) is 15.1. The molecule has 0 unspecified atom stereocenters. The normalized spacial score (nSPS) is 14.4. The third-order valence-electron chi connectivity index (χ3n) is 5.56. The predicted molar refractivity (Wildman–Crippen MR) is 124 cm³/mol. The molecule has 0 spiro atoms. The average molecular weight is 436 g/mol. The van der Waals surface area contributed by atoms with Crippen molar-refractivity contribution in [3.8, 4) is 0 Å². The van der Waals surface area contributed by atoms with Crippen LogP contribution in [0.1, 0.15) is 23.1 Å². The minimum Gasteiger partial charge on any atom is -0.379 e. The summed E-state index contributed by atoms with van der Waals surface area (Å²) in [6.07, 6.45) is 0.634. The van der Waals surface area contributed by atoms with Crippen LogP contribution in [0.5, 0.6) is 0 Å². The first-order valence-corrected chi connectivity index (χ1v) is 11.0. The van der Waals surface area contributed by atoms with Crippen LogP contribution in [0.25, 0.3) is 11.0 Å². The number of fused-ring (bicyclic) bond motifs is 1. The lowest BCUT2D eigenvalue weighted by atomic mass is 10.2. The average Bonchev–Trinajstić information content (AvgIpc) is 3.15. The third kappa shape index (κ3) is 5.52. The molecule has 4 rings (SSSR count). The van der Waals surface area contributed by atoms with Crippen molar-refractivity contribution in [2.24, 2.45) is 0 Å². The monoisotopic (exact) mass is 435 g/mol. The number of para-hydroxylation sites is 2. The zero-order valence-corrected chi connectivity index (χ0v) is 18.3. The molecule has 1 aliphatic heterocycles. The number of anilines is 1. The number of carbonyl (C=O) groups excluding carboxylic acids is 2. The van der Waals surface area contributed by atoms with Gasteiger partial charge in [0, 0.05) is 57.3 Å². The second-order valence-corrected chi connectivity index (χ2v) is 7.89. The van der Waals surface area contributed by atoms with E-state index in [1.807, 2.05) is 18.2 Å². The molecule has 2 amide bonds. The fraction of sp³-hybridized carbons (Fsp3) is 0.375. The van der Waals surface area contributed by atoms with E-state index in [1.165, 1.54) is 6.92 Å². The Morgan fingerprint density at radius 1 is 1.06 bits per heavy atom. The van der Waals surface area contributed by atoms with Gasteiger partial charge >= 0.3 is 0 Å². The summed E-state index contributed by atoms with van der Waals surface area (Å²) in [7, 11) is 0. The molecule has 32 heavy (non-hydrogen) atoms. The number of amides is 2. The van der Waals surface area contributed by atoms with E-state index in [4.69, 9.17) is 9.72 Å². The molecule has 0 bridgehead atoms. The van der Waals surface area contributed by atoms with Gasteiger partial charge < -0.3 is 19.9 Å². The molecule has 2 N–H and O–H groups in total. The lowest BCUT2D eigenvalue weighted by Crippen LogP contribution is -2.38. The summed E-state index contributed by atoms with van der Waals surface area (Å²) in [4.78, 5) is 31.1. The zero-order valence-electron chi connectivity index (χ0n) is 18.3. The number of nitrogens with zero attached hydrogens (tertiary/aromatic N) is 3. The summed E-state index contributed by atoms with van der Waals surface area (Å²) in [5.41, 5.74) is 3.20. The molecular formula is C24H29N5O3. The largest absolute Gasteiger partial charge is 0.379 e. The van der Waals surface area contributed by atoms with Crippen molar-refractivity contribution in [2.75, 3.05) is 44.7 Å². The first kappa shape index (κ1) is 22.0. The Morgan fingerprint density at radius 2 is 1.88 bits per heavy atom. The van der Waals surface area contributed by atoms with Crippen LogP contribution in [0.2, 0.25) is 0 Å². The molecule has 1 aliphatic rings. The van der Waals surface area contributed by atoms with Gasteiger partial charge in [-0.2, -0.15) is 0 Å². The minimum absolute atomic E-state index is 0.168. The Labute approximate surface area is 187 Å². The molecule has 0 atom stereocenters. The van der Waals surface area contributed by atoms with Crippen LogP contribution >= 0.6 is 0 Å².